The maximum absolute atomic E-state index is 10.7. The molecule has 0 aromatic rings. The molecule has 0 aromatic heterocycles. The lowest BCUT2D eigenvalue weighted by molar-refractivity contribution is -0.157. The summed E-state index contributed by atoms with van der Waals surface area (Å²) in [5, 5.41) is 8.76. The van der Waals surface area contributed by atoms with Crippen molar-refractivity contribution in [3.8, 4) is 0 Å². The van der Waals surface area contributed by atoms with Crippen molar-refractivity contribution in [1.82, 2.24) is 0 Å². The Balaban J connectivity index is 4.05. The third-order valence-electron chi connectivity index (χ3n) is 1.80. The molecular weight excluding hydrogens is 156 g/mol. The van der Waals surface area contributed by atoms with Gasteiger partial charge in [0, 0.05) is 0 Å². The fourth-order valence-electron chi connectivity index (χ4n) is 0.847. The van der Waals surface area contributed by atoms with Gasteiger partial charge in [0.1, 0.15) is 0 Å². The standard InChI is InChI=1S/C9H18O3/c1-5-7(4)12-8(6(2)3)9(10)11/h6-8H,5H2,1-4H3,(H,10,11). The summed E-state index contributed by atoms with van der Waals surface area (Å²) >= 11 is 0. The van der Waals surface area contributed by atoms with Crippen LogP contribution < -0.4 is 0 Å². The number of aliphatic carboxylic acids is 1. The minimum absolute atomic E-state index is 0.0218. The molecule has 0 aromatic carbocycles. The molecule has 0 spiro atoms. The van der Waals surface area contributed by atoms with E-state index in [-0.39, 0.29) is 12.0 Å². The summed E-state index contributed by atoms with van der Waals surface area (Å²) in [6.07, 6.45) is 0.199. The molecule has 0 aliphatic carbocycles. The van der Waals surface area contributed by atoms with Crippen LogP contribution >= 0.6 is 0 Å². The van der Waals surface area contributed by atoms with Crippen molar-refractivity contribution in [1.29, 1.82) is 0 Å². The third kappa shape index (κ3) is 3.72. The molecule has 12 heavy (non-hydrogen) atoms. The first-order chi connectivity index (χ1) is 5.49. The zero-order valence-corrected chi connectivity index (χ0v) is 8.20. The lowest BCUT2D eigenvalue weighted by Crippen LogP contribution is -2.32. The number of hydrogen-bond acceptors (Lipinski definition) is 2. The molecule has 1 N–H and O–H groups in total. The van der Waals surface area contributed by atoms with Crippen LogP contribution in [0.5, 0.6) is 0 Å². The van der Waals surface area contributed by atoms with Gasteiger partial charge in [0.15, 0.2) is 6.10 Å². The van der Waals surface area contributed by atoms with Crippen LogP contribution in [0.2, 0.25) is 0 Å². The Morgan fingerprint density at radius 1 is 1.42 bits per heavy atom. The minimum Gasteiger partial charge on any atom is -0.479 e. The van der Waals surface area contributed by atoms with E-state index < -0.39 is 12.1 Å². The van der Waals surface area contributed by atoms with Crippen molar-refractivity contribution >= 4 is 5.97 Å². The highest BCUT2D eigenvalue weighted by atomic mass is 16.5. The Hall–Kier alpha value is -0.570. The van der Waals surface area contributed by atoms with Crippen LogP contribution in [-0.4, -0.2) is 23.3 Å². The number of ether oxygens (including phenoxy) is 1. The summed E-state index contributed by atoms with van der Waals surface area (Å²) in [5.41, 5.74) is 0. The average Bonchev–Trinajstić information content (AvgIpc) is 1.98. The molecule has 0 rings (SSSR count). The molecule has 0 bridgehead atoms. The number of carboxylic acids is 1. The predicted molar refractivity (Wildman–Crippen MR) is 47.1 cm³/mol. The van der Waals surface area contributed by atoms with Crippen LogP contribution in [0.15, 0.2) is 0 Å². The summed E-state index contributed by atoms with van der Waals surface area (Å²) in [4.78, 5) is 10.7. The van der Waals surface area contributed by atoms with Gasteiger partial charge in [0.05, 0.1) is 6.10 Å². The molecule has 0 aliphatic heterocycles. The molecule has 0 saturated carbocycles. The van der Waals surface area contributed by atoms with Gasteiger partial charge in [-0.1, -0.05) is 20.8 Å². The van der Waals surface area contributed by atoms with Crippen molar-refractivity contribution in [2.24, 2.45) is 5.92 Å². The molecule has 2 atom stereocenters. The van der Waals surface area contributed by atoms with Gasteiger partial charge in [0.25, 0.3) is 0 Å². The summed E-state index contributed by atoms with van der Waals surface area (Å²) in [5.74, 6) is -0.846. The number of carboxylic acid groups (broad SMARTS) is 1. The normalized spacial score (nSPS) is 16.1. The van der Waals surface area contributed by atoms with E-state index in [0.717, 1.165) is 6.42 Å². The highest BCUT2D eigenvalue weighted by molar-refractivity contribution is 5.72. The van der Waals surface area contributed by atoms with E-state index in [4.69, 9.17) is 9.84 Å². The zero-order chi connectivity index (χ0) is 9.72. The molecule has 72 valence electrons. The van der Waals surface area contributed by atoms with Gasteiger partial charge in [-0.05, 0) is 19.3 Å². The van der Waals surface area contributed by atoms with E-state index in [2.05, 4.69) is 0 Å². The summed E-state index contributed by atoms with van der Waals surface area (Å²) in [6.45, 7) is 7.56. The fourth-order valence-corrected chi connectivity index (χ4v) is 0.847. The van der Waals surface area contributed by atoms with E-state index in [0.29, 0.717) is 0 Å². The van der Waals surface area contributed by atoms with Crippen LogP contribution in [0, 0.1) is 5.92 Å². The Morgan fingerprint density at radius 2 is 1.92 bits per heavy atom. The van der Waals surface area contributed by atoms with Crippen LogP contribution in [0.3, 0.4) is 0 Å². The van der Waals surface area contributed by atoms with E-state index in [1.165, 1.54) is 0 Å². The lowest BCUT2D eigenvalue weighted by atomic mass is 10.1. The first-order valence-corrected chi connectivity index (χ1v) is 4.37. The number of carbonyl (C=O) groups is 1. The lowest BCUT2D eigenvalue weighted by Gasteiger charge is -2.20. The van der Waals surface area contributed by atoms with Crippen molar-refractivity contribution in [2.75, 3.05) is 0 Å². The number of hydrogen-bond donors (Lipinski definition) is 1. The molecule has 0 amide bonds. The highest BCUT2D eigenvalue weighted by Gasteiger charge is 2.23. The molecule has 3 heteroatoms. The Kier molecular flexibility index (Phi) is 4.90. The van der Waals surface area contributed by atoms with Crippen molar-refractivity contribution in [3.63, 3.8) is 0 Å². The first-order valence-electron chi connectivity index (χ1n) is 4.37. The molecule has 0 saturated heterocycles. The quantitative estimate of drug-likeness (QED) is 0.692. The predicted octanol–water partition coefficient (Wildman–Crippen LogP) is 1.91. The highest BCUT2D eigenvalue weighted by Crippen LogP contribution is 2.10. The number of rotatable bonds is 5. The van der Waals surface area contributed by atoms with Crippen molar-refractivity contribution in [3.05, 3.63) is 0 Å². The average molecular weight is 174 g/mol. The Bertz CT molecular complexity index is 143. The summed E-state index contributed by atoms with van der Waals surface area (Å²) in [7, 11) is 0. The summed E-state index contributed by atoms with van der Waals surface area (Å²) in [6, 6.07) is 0. The van der Waals surface area contributed by atoms with E-state index >= 15 is 0 Å². The third-order valence-corrected chi connectivity index (χ3v) is 1.80. The van der Waals surface area contributed by atoms with E-state index in [9.17, 15) is 4.79 Å². The fraction of sp³-hybridized carbons (Fsp3) is 0.889. The van der Waals surface area contributed by atoms with Gasteiger partial charge < -0.3 is 9.84 Å². The van der Waals surface area contributed by atoms with Gasteiger partial charge in [-0.25, -0.2) is 4.79 Å². The molecule has 0 radical (unpaired) electrons. The van der Waals surface area contributed by atoms with Gasteiger partial charge in [-0.15, -0.1) is 0 Å². The van der Waals surface area contributed by atoms with Gasteiger partial charge in [-0.2, -0.15) is 0 Å². The SMILES string of the molecule is CCC(C)OC(C(=O)O)C(C)C. The second-order valence-corrected chi connectivity index (χ2v) is 3.36. The summed E-state index contributed by atoms with van der Waals surface area (Å²) < 4.78 is 5.32. The Labute approximate surface area is 73.7 Å². The second-order valence-electron chi connectivity index (χ2n) is 3.36. The monoisotopic (exact) mass is 174 g/mol. The van der Waals surface area contributed by atoms with E-state index in [1.54, 1.807) is 0 Å². The molecule has 0 aliphatic rings. The van der Waals surface area contributed by atoms with Crippen LogP contribution in [0.25, 0.3) is 0 Å². The molecule has 0 heterocycles. The van der Waals surface area contributed by atoms with Gasteiger partial charge >= 0.3 is 5.97 Å². The maximum Gasteiger partial charge on any atom is 0.333 e. The smallest absolute Gasteiger partial charge is 0.333 e. The molecule has 0 fully saturated rings. The van der Waals surface area contributed by atoms with E-state index in [1.807, 2.05) is 27.7 Å². The minimum atomic E-state index is -0.870. The van der Waals surface area contributed by atoms with Crippen LogP contribution in [-0.2, 0) is 9.53 Å². The molecular formula is C9H18O3. The first kappa shape index (κ1) is 11.4. The van der Waals surface area contributed by atoms with Crippen LogP contribution in [0.4, 0.5) is 0 Å². The van der Waals surface area contributed by atoms with Gasteiger partial charge in [0.2, 0.25) is 0 Å². The van der Waals surface area contributed by atoms with Gasteiger partial charge in [-0.3, -0.25) is 0 Å². The zero-order valence-electron chi connectivity index (χ0n) is 8.20. The molecule has 2 unspecified atom stereocenters. The maximum atomic E-state index is 10.7. The largest absolute Gasteiger partial charge is 0.479 e. The second kappa shape index (κ2) is 5.14. The van der Waals surface area contributed by atoms with Crippen molar-refractivity contribution in [2.45, 2.75) is 46.3 Å². The van der Waals surface area contributed by atoms with Crippen molar-refractivity contribution < 1.29 is 14.6 Å². The van der Waals surface area contributed by atoms with Crippen LogP contribution in [0.1, 0.15) is 34.1 Å². The Morgan fingerprint density at radius 3 is 2.17 bits per heavy atom. The topological polar surface area (TPSA) is 46.5 Å². The molecule has 3 nitrogen and oxygen atoms in total.